The van der Waals surface area contributed by atoms with Crippen LogP contribution in [0.5, 0.6) is 5.75 Å². The first-order chi connectivity index (χ1) is 15.7. The zero-order chi connectivity index (χ0) is 22.3. The van der Waals surface area contributed by atoms with E-state index in [1.807, 2.05) is 42.7 Å². The number of aromatic nitrogens is 2. The molecule has 2 aromatic heterocycles. The van der Waals surface area contributed by atoms with E-state index in [0.29, 0.717) is 11.8 Å². The number of methoxy groups -OCH3 is 1. The second-order valence-electron chi connectivity index (χ2n) is 7.98. The summed E-state index contributed by atoms with van der Waals surface area (Å²) in [6.45, 7) is 0. The van der Waals surface area contributed by atoms with Crippen LogP contribution in [0, 0.1) is 0 Å². The van der Waals surface area contributed by atoms with Crippen LogP contribution in [0.4, 0.5) is 17.3 Å². The van der Waals surface area contributed by atoms with E-state index in [2.05, 4.69) is 25.6 Å². The summed E-state index contributed by atoms with van der Waals surface area (Å²) in [5.41, 5.74) is 8.32. The third-order valence-electron chi connectivity index (χ3n) is 5.84. The SMILES string of the molecule is CN=CC(=CN)c1ccc(Nc2cc3c(NC4CCCCC4)nccc3cn2)c(OC)c1. The molecule has 4 N–H and O–H groups in total. The molecule has 1 fully saturated rings. The number of aliphatic imine (C=N–C) groups is 1. The Bertz CT molecular complexity index is 1130. The van der Waals surface area contributed by atoms with Crippen LogP contribution in [0.1, 0.15) is 37.7 Å². The van der Waals surface area contributed by atoms with E-state index >= 15 is 0 Å². The van der Waals surface area contributed by atoms with Crippen molar-refractivity contribution in [2.24, 2.45) is 10.7 Å². The number of anilines is 3. The lowest BCUT2D eigenvalue weighted by Gasteiger charge is -2.24. The first-order valence-corrected chi connectivity index (χ1v) is 11.0. The number of rotatable bonds is 7. The molecule has 1 aromatic carbocycles. The highest BCUT2D eigenvalue weighted by atomic mass is 16.5. The normalized spacial score (nSPS) is 15.2. The average Bonchev–Trinajstić information content (AvgIpc) is 2.84. The minimum Gasteiger partial charge on any atom is -0.495 e. The van der Waals surface area contributed by atoms with Crippen molar-refractivity contribution in [3.05, 3.63) is 54.5 Å². The lowest BCUT2D eigenvalue weighted by Crippen LogP contribution is -2.22. The van der Waals surface area contributed by atoms with Crippen LogP contribution in [0.25, 0.3) is 16.3 Å². The summed E-state index contributed by atoms with van der Waals surface area (Å²) >= 11 is 0. The van der Waals surface area contributed by atoms with Gasteiger partial charge in [0.25, 0.3) is 0 Å². The van der Waals surface area contributed by atoms with Gasteiger partial charge in [0.05, 0.1) is 12.8 Å². The molecule has 166 valence electrons. The molecule has 0 amide bonds. The number of nitrogens with one attached hydrogen (secondary N) is 2. The quantitative estimate of drug-likeness (QED) is 0.450. The van der Waals surface area contributed by atoms with Crippen molar-refractivity contribution in [3.63, 3.8) is 0 Å². The number of benzene rings is 1. The Morgan fingerprint density at radius 3 is 2.75 bits per heavy atom. The van der Waals surface area contributed by atoms with Crippen LogP contribution in [0.15, 0.2) is 53.9 Å². The van der Waals surface area contributed by atoms with Crippen LogP contribution < -0.4 is 21.1 Å². The van der Waals surface area contributed by atoms with Gasteiger partial charge in [0.2, 0.25) is 0 Å². The molecule has 3 aromatic rings. The highest BCUT2D eigenvalue weighted by molar-refractivity contribution is 6.09. The van der Waals surface area contributed by atoms with E-state index in [9.17, 15) is 0 Å². The van der Waals surface area contributed by atoms with Crippen LogP contribution in [-0.4, -0.2) is 36.4 Å². The molecule has 0 spiro atoms. The molecule has 0 atom stereocenters. The Morgan fingerprint density at radius 2 is 2.00 bits per heavy atom. The second kappa shape index (κ2) is 10.1. The Kier molecular flexibility index (Phi) is 6.84. The molecule has 2 heterocycles. The van der Waals surface area contributed by atoms with Crippen molar-refractivity contribution in [1.82, 2.24) is 9.97 Å². The minimum atomic E-state index is 0.482. The van der Waals surface area contributed by atoms with Gasteiger partial charge < -0.3 is 21.1 Å². The topological polar surface area (TPSA) is 97.5 Å². The number of nitrogens with zero attached hydrogens (tertiary/aromatic N) is 3. The first kappa shape index (κ1) is 21.6. The van der Waals surface area contributed by atoms with Gasteiger partial charge in [-0.2, -0.15) is 0 Å². The predicted molar refractivity (Wildman–Crippen MR) is 133 cm³/mol. The van der Waals surface area contributed by atoms with Crippen molar-refractivity contribution in [3.8, 4) is 5.75 Å². The number of hydrogen-bond donors (Lipinski definition) is 3. The minimum absolute atomic E-state index is 0.482. The summed E-state index contributed by atoms with van der Waals surface area (Å²) in [6.07, 6.45) is 13.2. The maximum atomic E-state index is 5.75. The number of hydrogen-bond acceptors (Lipinski definition) is 7. The van der Waals surface area contributed by atoms with Crippen molar-refractivity contribution in [2.75, 3.05) is 24.8 Å². The molecule has 1 aliphatic rings. The first-order valence-electron chi connectivity index (χ1n) is 11.0. The summed E-state index contributed by atoms with van der Waals surface area (Å²) in [5, 5.41) is 9.15. The molecule has 0 aliphatic heterocycles. The molecular weight excluding hydrogens is 400 g/mol. The molecule has 1 saturated carbocycles. The third kappa shape index (κ3) is 4.82. The van der Waals surface area contributed by atoms with Crippen molar-refractivity contribution >= 4 is 39.9 Å². The fourth-order valence-electron chi connectivity index (χ4n) is 4.15. The Balaban J connectivity index is 1.62. The number of nitrogens with two attached hydrogens (primary N) is 1. The highest BCUT2D eigenvalue weighted by Crippen LogP contribution is 2.32. The maximum absolute atomic E-state index is 5.75. The number of ether oxygens (including phenoxy) is 1. The fourth-order valence-corrected chi connectivity index (χ4v) is 4.15. The van der Waals surface area contributed by atoms with E-state index < -0.39 is 0 Å². The van der Waals surface area contributed by atoms with Crippen LogP contribution in [-0.2, 0) is 0 Å². The van der Waals surface area contributed by atoms with E-state index in [4.69, 9.17) is 10.5 Å². The Hall–Kier alpha value is -3.61. The maximum Gasteiger partial charge on any atom is 0.142 e. The Labute approximate surface area is 188 Å². The summed E-state index contributed by atoms with van der Waals surface area (Å²) in [6, 6.07) is 10.4. The molecule has 0 bridgehead atoms. The lowest BCUT2D eigenvalue weighted by molar-refractivity contribution is 0.416. The average molecular weight is 431 g/mol. The zero-order valence-electron chi connectivity index (χ0n) is 18.6. The molecule has 0 radical (unpaired) electrons. The van der Waals surface area contributed by atoms with E-state index in [0.717, 1.165) is 39.2 Å². The molecule has 4 rings (SSSR count). The molecule has 0 saturated heterocycles. The molecule has 32 heavy (non-hydrogen) atoms. The molecule has 7 heteroatoms. The predicted octanol–water partition coefficient (Wildman–Crippen LogP) is 5.13. The number of pyridine rings is 2. The summed E-state index contributed by atoms with van der Waals surface area (Å²) in [4.78, 5) is 13.3. The smallest absolute Gasteiger partial charge is 0.142 e. The molecule has 1 aliphatic carbocycles. The van der Waals surface area contributed by atoms with Crippen LogP contribution in [0.3, 0.4) is 0 Å². The zero-order valence-corrected chi connectivity index (χ0v) is 18.6. The fraction of sp³-hybridized carbons (Fsp3) is 0.320. The summed E-state index contributed by atoms with van der Waals surface area (Å²) in [5.74, 6) is 2.34. The lowest BCUT2D eigenvalue weighted by atomic mass is 9.95. The van der Waals surface area contributed by atoms with Crippen molar-refractivity contribution in [2.45, 2.75) is 38.1 Å². The second-order valence-corrected chi connectivity index (χ2v) is 7.98. The van der Waals surface area contributed by atoms with Gasteiger partial charge >= 0.3 is 0 Å². The van der Waals surface area contributed by atoms with Crippen LogP contribution >= 0.6 is 0 Å². The standard InChI is InChI=1S/C25H30N6O/c1-27-15-19(14-26)17-8-9-22(23(12-17)32-2)31-24-13-21-18(16-29-24)10-11-28-25(21)30-20-6-4-3-5-7-20/h8-16,20H,3-7,26H2,1-2H3,(H,28,30)(H,29,31). The monoisotopic (exact) mass is 430 g/mol. The molecular formula is C25H30N6O. The molecule has 0 unspecified atom stereocenters. The number of fused-ring (bicyclic) bond motifs is 1. The van der Waals surface area contributed by atoms with Gasteiger partial charge in [-0.25, -0.2) is 9.97 Å². The van der Waals surface area contributed by atoms with Gasteiger partial charge in [-0.15, -0.1) is 0 Å². The van der Waals surface area contributed by atoms with E-state index in [1.54, 1.807) is 20.4 Å². The Morgan fingerprint density at radius 1 is 1.16 bits per heavy atom. The number of allylic oxidation sites excluding steroid dienone is 1. The van der Waals surface area contributed by atoms with Gasteiger partial charge in [0, 0.05) is 54.2 Å². The summed E-state index contributed by atoms with van der Waals surface area (Å²) in [7, 11) is 3.36. The highest BCUT2D eigenvalue weighted by Gasteiger charge is 2.15. The van der Waals surface area contributed by atoms with Gasteiger partial charge in [-0.1, -0.05) is 25.3 Å². The van der Waals surface area contributed by atoms with Gasteiger partial charge in [-0.05, 0) is 42.7 Å². The van der Waals surface area contributed by atoms with Crippen LogP contribution in [0.2, 0.25) is 0 Å². The van der Waals surface area contributed by atoms with E-state index in [1.165, 1.54) is 38.3 Å². The van der Waals surface area contributed by atoms with Gasteiger partial charge in [0.15, 0.2) is 0 Å². The largest absolute Gasteiger partial charge is 0.495 e. The van der Waals surface area contributed by atoms with E-state index in [-0.39, 0.29) is 0 Å². The van der Waals surface area contributed by atoms with Crippen molar-refractivity contribution in [1.29, 1.82) is 0 Å². The third-order valence-corrected chi connectivity index (χ3v) is 5.84. The molecule has 7 nitrogen and oxygen atoms in total. The summed E-state index contributed by atoms with van der Waals surface area (Å²) < 4.78 is 5.62. The van der Waals surface area contributed by atoms with Gasteiger partial charge in [-0.3, -0.25) is 4.99 Å². The van der Waals surface area contributed by atoms with Crippen molar-refractivity contribution < 1.29 is 4.74 Å². The van der Waals surface area contributed by atoms with Gasteiger partial charge in [0.1, 0.15) is 17.4 Å².